The Morgan fingerprint density at radius 2 is 1.85 bits per heavy atom. The molecule has 0 aliphatic heterocycles. The van der Waals surface area contributed by atoms with Crippen LogP contribution in [0.1, 0.15) is 26.7 Å². The molecule has 80 valence electrons. The molecular weight excluding hydrogens is 183 g/mol. The molecule has 2 nitrogen and oxygen atoms in total. The normalized spacial score (nSPS) is 17.1. The zero-order valence-corrected chi connectivity index (χ0v) is 7.91. The minimum atomic E-state index is -4.19. The van der Waals surface area contributed by atoms with Crippen LogP contribution in [-0.4, -0.2) is 30.0 Å². The van der Waals surface area contributed by atoms with E-state index in [1.807, 2.05) is 0 Å². The number of hydrogen-bond donors (Lipinski definition) is 2. The van der Waals surface area contributed by atoms with Gasteiger partial charge in [0, 0.05) is 12.1 Å². The van der Waals surface area contributed by atoms with Gasteiger partial charge in [-0.2, -0.15) is 13.2 Å². The van der Waals surface area contributed by atoms with Crippen LogP contribution in [0.4, 0.5) is 13.2 Å². The summed E-state index contributed by atoms with van der Waals surface area (Å²) in [6, 6.07) is 0. The SMILES string of the molecule is CCC(C)(CCO)NCC(F)(F)F. The summed E-state index contributed by atoms with van der Waals surface area (Å²) in [6.45, 7) is 2.36. The monoisotopic (exact) mass is 199 g/mol. The van der Waals surface area contributed by atoms with Crippen LogP contribution < -0.4 is 5.32 Å². The molecule has 0 aliphatic carbocycles. The average Bonchev–Trinajstić information content (AvgIpc) is 2.01. The van der Waals surface area contributed by atoms with E-state index in [-0.39, 0.29) is 6.61 Å². The number of alkyl halides is 3. The molecule has 0 fully saturated rings. The van der Waals surface area contributed by atoms with Crippen LogP contribution in [-0.2, 0) is 0 Å². The Morgan fingerprint density at radius 1 is 1.31 bits per heavy atom. The van der Waals surface area contributed by atoms with E-state index in [0.717, 1.165) is 0 Å². The molecule has 0 aromatic carbocycles. The van der Waals surface area contributed by atoms with Crippen molar-refractivity contribution < 1.29 is 18.3 Å². The summed E-state index contributed by atoms with van der Waals surface area (Å²) in [5.41, 5.74) is -0.621. The van der Waals surface area contributed by atoms with Crippen molar-refractivity contribution in [1.29, 1.82) is 0 Å². The summed E-state index contributed by atoms with van der Waals surface area (Å²) >= 11 is 0. The zero-order valence-electron chi connectivity index (χ0n) is 7.91. The lowest BCUT2D eigenvalue weighted by atomic mass is 9.95. The Labute approximate surface area is 76.1 Å². The van der Waals surface area contributed by atoms with Crippen molar-refractivity contribution in [2.45, 2.75) is 38.4 Å². The smallest absolute Gasteiger partial charge is 0.396 e. The number of aliphatic hydroxyl groups is 1. The minimum Gasteiger partial charge on any atom is -0.396 e. The quantitative estimate of drug-likeness (QED) is 0.706. The van der Waals surface area contributed by atoms with Crippen LogP contribution in [0.25, 0.3) is 0 Å². The van der Waals surface area contributed by atoms with Gasteiger partial charge in [0.25, 0.3) is 0 Å². The van der Waals surface area contributed by atoms with E-state index in [9.17, 15) is 13.2 Å². The van der Waals surface area contributed by atoms with Crippen molar-refractivity contribution in [3.05, 3.63) is 0 Å². The van der Waals surface area contributed by atoms with E-state index in [2.05, 4.69) is 5.32 Å². The molecule has 1 atom stereocenters. The predicted octanol–water partition coefficient (Wildman–Crippen LogP) is 1.69. The van der Waals surface area contributed by atoms with Crippen LogP contribution in [0.2, 0.25) is 0 Å². The second-order valence-electron chi connectivity index (χ2n) is 3.36. The molecule has 0 saturated heterocycles. The van der Waals surface area contributed by atoms with Gasteiger partial charge >= 0.3 is 6.18 Å². The highest BCUT2D eigenvalue weighted by molar-refractivity contribution is 4.82. The summed E-state index contributed by atoms with van der Waals surface area (Å²) in [5.74, 6) is 0. The number of aliphatic hydroxyl groups excluding tert-OH is 1. The van der Waals surface area contributed by atoms with Gasteiger partial charge in [0.15, 0.2) is 0 Å². The molecule has 1 unspecified atom stereocenters. The van der Waals surface area contributed by atoms with Crippen molar-refractivity contribution in [3.8, 4) is 0 Å². The summed E-state index contributed by atoms with van der Waals surface area (Å²) < 4.78 is 35.5. The summed E-state index contributed by atoms with van der Waals surface area (Å²) in [4.78, 5) is 0. The molecule has 0 saturated carbocycles. The van der Waals surface area contributed by atoms with E-state index in [0.29, 0.717) is 12.8 Å². The Balaban J connectivity index is 3.97. The lowest BCUT2D eigenvalue weighted by Crippen LogP contribution is -2.46. The maximum atomic E-state index is 11.8. The number of rotatable bonds is 5. The third-order valence-electron chi connectivity index (χ3n) is 2.16. The highest BCUT2D eigenvalue weighted by atomic mass is 19.4. The maximum Gasteiger partial charge on any atom is 0.401 e. The fourth-order valence-electron chi connectivity index (χ4n) is 0.951. The van der Waals surface area contributed by atoms with Crippen molar-refractivity contribution in [1.82, 2.24) is 5.32 Å². The molecular formula is C8H16F3NO. The first-order valence-electron chi connectivity index (χ1n) is 4.25. The van der Waals surface area contributed by atoms with Gasteiger partial charge in [-0.05, 0) is 19.8 Å². The van der Waals surface area contributed by atoms with Gasteiger partial charge in [0.2, 0.25) is 0 Å². The van der Waals surface area contributed by atoms with Crippen LogP contribution in [0.3, 0.4) is 0 Å². The average molecular weight is 199 g/mol. The largest absolute Gasteiger partial charge is 0.401 e. The Bertz CT molecular complexity index is 149. The molecule has 0 aliphatic rings. The third kappa shape index (κ3) is 5.87. The van der Waals surface area contributed by atoms with E-state index in [1.54, 1.807) is 13.8 Å². The Morgan fingerprint density at radius 3 is 2.15 bits per heavy atom. The Hall–Kier alpha value is -0.290. The van der Waals surface area contributed by atoms with E-state index in [4.69, 9.17) is 5.11 Å². The topological polar surface area (TPSA) is 32.3 Å². The van der Waals surface area contributed by atoms with Crippen molar-refractivity contribution in [3.63, 3.8) is 0 Å². The molecule has 0 bridgehead atoms. The minimum absolute atomic E-state index is 0.102. The van der Waals surface area contributed by atoms with Gasteiger partial charge in [-0.3, -0.25) is 0 Å². The zero-order chi connectivity index (χ0) is 10.5. The first-order chi connectivity index (χ1) is 5.83. The van der Waals surface area contributed by atoms with Crippen LogP contribution in [0, 0.1) is 0 Å². The van der Waals surface area contributed by atoms with E-state index in [1.165, 1.54) is 0 Å². The fraction of sp³-hybridized carbons (Fsp3) is 1.00. The highest BCUT2D eigenvalue weighted by Crippen LogP contribution is 2.18. The second-order valence-corrected chi connectivity index (χ2v) is 3.36. The lowest BCUT2D eigenvalue weighted by molar-refractivity contribution is -0.129. The van der Waals surface area contributed by atoms with Crippen LogP contribution in [0.5, 0.6) is 0 Å². The number of halogens is 3. The molecule has 0 spiro atoms. The lowest BCUT2D eigenvalue weighted by Gasteiger charge is -2.29. The molecule has 0 heterocycles. The molecule has 0 aromatic heterocycles. The van der Waals surface area contributed by atoms with Crippen LogP contribution in [0.15, 0.2) is 0 Å². The first-order valence-corrected chi connectivity index (χ1v) is 4.25. The highest BCUT2D eigenvalue weighted by Gasteiger charge is 2.31. The molecule has 5 heteroatoms. The van der Waals surface area contributed by atoms with Crippen LogP contribution >= 0.6 is 0 Å². The van der Waals surface area contributed by atoms with Gasteiger partial charge in [0.05, 0.1) is 6.54 Å². The van der Waals surface area contributed by atoms with Crippen molar-refractivity contribution in [2.75, 3.05) is 13.2 Å². The Kier molecular flexibility index (Phi) is 4.70. The van der Waals surface area contributed by atoms with Crippen molar-refractivity contribution in [2.24, 2.45) is 0 Å². The molecule has 13 heavy (non-hydrogen) atoms. The number of nitrogens with one attached hydrogen (secondary N) is 1. The molecule has 0 radical (unpaired) electrons. The standard InChI is InChI=1S/C8H16F3NO/c1-3-7(2,4-5-13)12-6-8(9,10)11/h12-13H,3-6H2,1-2H3. The van der Waals surface area contributed by atoms with Crippen molar-refractivity contribution >= 4 is 0 Å². The van der Waals surface area contributed by atoms with Gasteiger partial charge in [0.1, 0.15) is 0 Å². The maximum absolute atomic E-state index is 11.8. The van der Waals surface area contributed by atoms with Gasteiger partial charge in [-0.15, -0.1) is 0 Å². The second kappa shape index (κ2) is 4.81. The van der Waals surface area contributed by atoms with Gasteiger partial charge in [-0.1, -0.05) is 6.92 Å². The van der Waals surface area contributed by atoms with Gasteiger partial charge < -0.3 is 10.4 Å². The van der Waals surface area contributed by atoms with Gasteiger partial charge in [-0.25, -0.2) is 0 Å². The third-order valence-corrected chi connectivity index (χ3v) is 2.16. The molecule has 2 N–H and O–H groups in total. The fourth-order valence-corrected chi connectivity index (χ4v) is 0.951. The van der Waals surface area contributed by atoms with E-state index >= 15 is 0 Å². The number of hydrogen-bond acceptors (Lipinski definition) is 2. The molecule has 0 amide bonds. The summed E-state index contributed by atoms with van der Waals surface area (Å²) in [7, 11) is 0. The summed E-state index contributed by atoms with van der Waals surface area (Å²) in [6.07, 6.45) is -3.30. The first kappa shape index (κ1) is 12.7. The molecule has 0 rings (SSSR count). The molecule has 0 aromatic rings. The van der Waals surface area contributed by atoms with E-state index < -0.39 is 18.3 Å². The predicted molar refractivity (Wildman–Crippen MR) is 44.5 cm³/mol. The summed E-state index contributed by atoms with van der Waals surface area (Å²) in [5, 5.41) is 11.0.